The number of halogens is 3. The van der Waals surface area contributed by atoms with Crippen molar-refractivity contribution in [2.24, 2.45) is 13.0 Å². The first-order chi connectivity index (χ1) is 13.4. The predicted molar refractivity (Wildman–Crippen MR) is 108 cm³/mol. The van der Waals surface area contributed by atoms with Crippen molar-refractivity contribution < 1.29 is 9.13 Å². The van der Waals surface area contributed by atoms with E-state index in [9.17, 15) is 4.39 Å². The molecule has 1 fully saturated rings. The highest BCUT2D eigenvalue weighted by atomic mass is 35.5. The number of nitrogens with zero attached hydrogens (tertiary/aromatic N) is 4. The first-order valence-electron chi connectivity index (χ1n) is 8.87. The van der Waals surface area contributed by atoms with Gasteiger partial charge in [0.15, 0.2) is 5.65 Å². The van der Waals surface area contributed by atoms with Gasteiger partial charge in [-0.2, -0.15) is 4.98 Å². The summed E-state index contributed by atoms with van der Waals surface area (Å²) in [7, 11) is 1.78. The van der Waals surface area contributed by atoms with Crippen molar-refractivity contribution in [1.29, 1.82) is 0 Å². The van der Waals surface area contributed by atoms with E-state index in [0.717, 1.165) is 13.0 Å². The molecule has 0 saturated carbocycles. The molecule has 0 amide bonds. The fourth-order valence-electron chi connectivity index (χ4n) is 3.20. The molecule has 28 heavy (non-hydrogen) atoms. The highest BCUT2D eigenvalue weighted by molar-refractivity contribution is 6.36. The van der Waals surface area contributed by atoms with Gasteiger partial charge in [-0.1, -0.05) is 30.1 Å². The number of aryl methyl sites for hydroxylation is 1. The van der Waals surface area contributed by atoms with E-state index in [-0.39, 0.29) is 21.8 Å². The Morgan fingerprint density at radius 3 is 2.86 bits per heavy atom. The van der Waals surface area contributed by atoms with Crippen molar-refractivity contribution in [3.8, 4) is 0 Å². The van der Waals surface area contributed by atoms with Crippen LogP contribution < -0.4 is 10.6 Å². The Morgan fingerprint density at radius 2 is 2.11 bits per heavy atom. The van der Waals surface area contributed by atoms with Crippen LogP contribution in [0.5, 0.6) is 0 Å². The Bertz CT molecular complexity index is 1000. The average molecular weight is 425 g/mol. The maximum absolute atomic E-state index is 14.2. The lowest BCUT2D eigenvalue weighted by Gasteiger charge is -2.29. The first kappa shape index (κ1) is 19.2. The number of aromatic nitrogens is 4. The van der Waals surface area contributed by atoms with Gasteiger partial charge in [0, 0.05) is 24.7 Å². The molecule has 1 aliphatic heterocycles. The minimum Gasteiger partial charge on any atom is -0.381 e. The molecule has 0 spiro atoms. The molecule has 0 radical (unpaired) electrons. The van der Waals surface area contributed by atoms with Crippen LogP contribution in [0.3, 0.4) is 0 Å². The van der Waals surface area contributed by atoms with Crippen LogP contribution in [0.2, 0.25) is 10.0 Å². The SMILES string of the molecule is C[C@@H]1COCC[C@H]1Nc1ncc2nc(Nc3c(F)cc(Cl)cc3Cl)n(C)c2n1. The maximum atomic E-state index is 14.2. The highest BCUT2D eigenvalue weighted by Gasteiger charge is 2.23. The second kappa shape index (κ2) is 7.69. The molecule has 0 unspecified atom stereocenters. The van der Waals surface area contributed by atoms with Gasteiger partial charge in [0.05, 0.1) is 23.5 Å². The summed E-state index contributed by atoms with van der Waals surface area (Å²) < 4.78 is 21.4. The second-order valence-corrected chi connectivity index (χ2v) is 7.70. The number of fused-ring (bicyclic) bond motifs is 1. The molecule has 10 heteroatoms. The van der Waals surface area contributed by atoms with E-state index >= 15 is 0 Å². The third kappa shape index (κ3) is 3.72. The third-order valence-electron chi connectivity index (χ3n) is 4.81. The van der Waals surface area contributed by atoms with E-state index in [0.29, 0.717) is 35.6 Å². The summed E-state index contributed by atoms with van der Waals surface area (Å²) in [4.78, 5) is 13.4. The predicted octanol–water partition coefficient (Wildman–Crippen LogP) is 4.39. The van der Waals surface area contributed by atoms with Gasteiger partial charge in [-0.05, 0) is 24.5 Å². The molecule has 1 saturated heterocycles. The Kier molecular flexibility index (Phi) is 5.27. The molecule has 7 nitrogen and oxygen atoms in total. The Labute approximate surface area is 171 Å². The number of hydrogen-bond donors (Lipinski definition) is 2. The van der Waals surface area contributed by atoms with Crippen molar-refractivity contribution in [2.45, 2.75) is 19.4 Å². The zero-order valence-electron chi connectivity index (χ0n) is 15.3. The van der Waals surface area contributed by atoms with Crippen LogP contribution in [0, 0.1) is 11.7 Å². The summed E-state index contributed by atoms with van der Waals surface area (Å²) in [6.07, 6.45) is 2.54. The van der Waals surface area contributed by atoms with Crippen LogP contribution in [-0.2, 0) is 11.8 Å². The van der Waals surface area contributed by atoms with Crippen molar-refractivity contribution in [3.63, 3.8) is 0 Å². The Hall–Kier alpha value is -2.16. The van der Waals surface area contributed by atoms with Crippen LogP contribution in [0.1, 0.15) is 13.3 Å². The Morgan fingerprint density at radius 1 is 1.29 bits per heavy atom. The first-order valence-corrected chi connectivity index (χ1v) is 9.63. The number of imidazole rings is 1. The maximum Gasteiger partial charge on any atom is 0.224 e. The van der Waals surface area contributed by atoms with Crippen molar-refractivity contribution >= 4 is 51.9 Å². The largest absolute Gasteiger partial charge is 0.381 e. The fourth-order valence-corrected chi connectivity index (χ4v) is 3.71. The quantitative estimate of drug-likeness (QED) is 0.646. The van der Waals surface area contributed by atoms with E-state index in [1.54, 1.807) is 17.8 Å². The number of hydrogen-bond acceptors (Lipinski definition) is 6. The van der Waals surface area contributed by atoms with Gasteiger partial charge in [-0.25, -0.2) is 14.4 Å². The van der Waals surface area contributed by atoms with E-state index < -0.39 is 5.82 Å². The molecule has 2 N–H and O–H groups in total. The second-order valence-electron chi connectivity index (χ2n) is 6.86. The molecular weight excluding hydrogens is 406 g/mol. The molecule has 4 rings (SSSR count). The molecule has 1 aliphatic rings. The summed E-state index contributed by atoms with van der Waals surface area (Å²) in [5.41, 5.74) is 1.30. The highest BCUT2D eigenvalue weighted by Crippen LogP contribution is 2.32. The smallest absolute Gasteiger partial charge is 0.224 e. The number of anilines is 3. The standard InChI is InChI=1S/C18H19Cl2FN6O/c1-9-8-28-4-3-13(9)23-17-22-7-14-16(26-17)27(2)18(24-14)25-15-11(20)5-10(19)6-12(15)21/h5-7,9,13H,3-4,8H2,1-2H3,(H,24,25)(H,22,23,26)/t9-,13-/m1/s1. The zero-order valence-corrected chi connectivity index (χ0v) is 16.9. The normalized spacial score (nSPS) is 19.8. The zero-order chi connectivity index (χ0) is 19.8. The van der Waals surface area contributed by atoms with Crippen molar-refractivity contribution in [3.05, 3.63) is 34.2 Å². The summed E-state index contributed by atoms with van der Waals surface area (Å²) in [6.45, 7) is 3.57. The van der Waals surface area contributed by atoms with E-state index in [1.165, 1.54) is 12.1 Å². The lowest BCUT2D eigenvalue weighted by Crippen LogP contribution is -2.36. The fraction of sp³-hybridized carbons (Fsp3) is 0.389. The molecule has 2 aromatic heterocycles. The van der Waals surface area contributed by atoms with Crippen molar-refractivity contribution in [2.75, 3.05) is 23.8 Å². The van der Waals surface area contributed by atoms with E-state index in [4.69, 9.17) is 27.9 Å². The molecular formula is C18H19Cl2FN6O. The van der Waals surface area contributed by atoms with Crippen molar-refractivity contribution in [1.82, 2.24) is 19.5 Å². The summed E-state index contributed by atoms with van der Waals surface area (Å²) in [5, 5.41) is 6.68. The number of nitrogens with one attached hydrogen (secondary N) is 2. The van der Waals surface area contributed by atoms with Gasteiger partial charge in [-0.15, -0.1) is 0 Å². The van der Waals surface area contributed by atoms with Gasteiger partial charge < -0.3 is 15.4 Å². The monoisotopic (exact) mass is 424 g/mol. The van der Waals surface area contributed by atoms with Crippen LogP contribution in [-0.4, -0.2) is 38.8 Å². The number of rotatable bonds is 4. The third-order valence-corrected chi connectivity index (χ3v) is 5.33. The average Bonchev–Trinajstić information content (AvgIpc) is 2.96. The summed E-state index contributed by atoms with van der Waals surface area (Å²) >= 11 is 11.9. The lowest BCUT2D eigenvalue weighted by molar-refractivity contribution is 0.0536. The van der Waals surface area contributed by atoms with Crippen LogP contribution in [0.15, 0.2) is 18.3 Å². The summed E-state index contributed by atoms with van der Waals surface area (Å²) in [5.74, 6) is 0.721. The molecule has 0 bridgehead atoms. The van der Waals surface area contributed by atoms with E-state index in [2.05, 4.69) is 32.5 Å². The topological polar surface area (TPSA) is 76.9 Å². The van der Waals surface area contributed by atoms with Crippen LogP contribution >= 0.6 is 23.2 Å². The molecule has 148 valence electrons. The van der Waals surface area contributed by atoms with Gasteiger partial charge in [0.25, 0.3) is 0 Å². The molecule has 2 atom stereocenters. The van der Waals surface area contributed by atoms with E-state index in [1.807, 2.05) is 0 Å². The molecule has 3 heterocycles. The molecule has 0 aliphatic carbocycles. The van der Waals surface area contributed by atoms with Gasteiger partial charge in [-0.3, -0.25) is 4.57 Å². The molecule has 3 aromatic rings. The number of benzene rings is 1. The van der Waals surface area contributed by atoms with Gasteiger partial charge in [0.1, 0.15) is 11.3 Å². The summed E-state index contributed by atoms with van der Waals surface area (Å²) in [6, 6.07) is 2.91. The van der Waals surface area contributed by atoms with Crippen LogP contribution in [0.4, 0.5) is 22.0 Å². The Balaban J connectivity index is 1.62. The number of ether oxygens (including phenoxy) is 1. The molecule has 1 aromatic carbocycles. The lowest BCUT2D eigenvalue weighted by atomic mass is 9.98. The van der Waals surface area contributed by atoms with Gasteiger partial charge >= 0.3 is 0 Å². The van der Waals surface area contributed by atoms with Crippen LogP contribution in [0.25, 0.3) is 11.2 Å². The minimum atomic E-state index is -0.563. The van der Waals surface area contributed by atoms with Gasteiger partial charge in [0.2, 0.25) is 11.9 Å². The minimum absolute atomic E-state index is 0.104.